The Morgan fingerprint density at radius 3 is 2.91 bits per heavy atom. The number of nitrogens with one attached hydrogen (secondary N) is 1. The summed E-state index contributed by atoms with van der Waals surface area (Å²) in [5, 5.41) is 8.09. The number of carbonyl (C=O) groups excluding carboxylic acids is 1. The number of fused-ring (bicyclic) bond motifs is 1. The van der Waals surface area contributed by atoms with E-state index in [1.165, 1.54) is 4.88 Å². The molecule has 1 N–H and O–H groups in total. The largest absolute Gasteiger partial charge is 0.352 e. The normalized spacial score (nSPS) is 11.0. The van der Waals surface area contributed by atoms with Crippen LogP contribution in [0.2, 0.25) is 0 Å². The second-order valence-corrected chi connectivity index (χ2v) is 6.44. The van der Waals surface area contributed by atoms with Gasteiger partial charge in [-0.1, -0.05) is 0 Å². The molecule has 0 fully saturated rings. The van der Waals surface area contributed by atoms with Crippen LogP contribution in [0.4, 0.5) is 0 Å². The van der Waals surface area contributed by atoms with E-state index >= 15 is 0 Å². The maximum atomic E-state index is 12.2. The Bertz CT molecular complexity index is 816. The van der Waals surface area contributed by atoms with Crippen molar-refractivity contribution in [3.8, 4) is 0 Å². The lowest BCUT2D eigenvalue weighted by molar-refractivity contribution is 0.0954. The molecule has 0 aliphatic carbocycles. The lowest BCUT2D eigenvalue weighted by atomic mass is 10.2. The number of hydrogen-bond donors (Lipinski definition) is 1. The highest BCUT2D eigenvalue weighted by molar-refractivity contribution is 7.11. The zero-order valence-electron chi connectivity index (χ0n) is 12.8. The fraction of sp³-hybridized carbons (Fsp3) is 0.333. The van der Waals surface area contributed by atoms with Crippen LogP contribution in [0.3, 0.4) is 0 Å². The zero-order valence-corrected chi connectivity index (χ0v) is 13.6. The van der Waals surface area contributed by atoms with E-state index in [1.54, 1.807) is 28.4 Å². The molecule has 3 heterocycles. The summed E-state index contributed by atoms with van der Waals surface area (Å²) >= 11 is 1.68. The zero-order chi connectivity index (χ0) is 15.7. The van der Waals surface area contributed by atoms with Gasteiger partial charge in [0.05, 0.1) is 28.0 Å². The average molecular weight is 315 g/mol. The highest BCUT2D eigenvalue weighted by Gasteiger charge is 2.10. The van der Waals surface area contributed by atoms with Gasteiger partial charge in [-0.25, -0.2) is 4.98 Å². The van der Waals surface area contributed by atoms with Gasteiger partial charge in [0.25, 0.3) is 5.91 Å². The lowest BCUT2D eigenvalue weighted by Crippen LogP contribution is -2.25. The van der Waals surface area contributed by atoms with Crippen molar-refractivity contribution in [3.63, 3.8) is 0 Å². The van der Waals surface area contributed by atoms with Gasteiger partial charge in [0.2, 0.25) is 0 Å². The van der Waals surface area contributed by atoms with Gasteiger partial charge in [0.1, 0.15) is 5.52 Å². The molecule has 0 aliphatic heterocycles. The van der Waals surface area contributed by atoms with Crippen molar-refractivity contribution < 1.29 is 4.79 Å². The van der Waals surface area contributed by atoms with Crippen molar-refractivity contribution in [1.29, 1.82) is 0 Å². The van der Waals surface area contributed by atoms with Crippen molar-refractivity contribution in [2.24, 2.45) is 7.05 Å². The summed E-state index contributed by atoms with van der Waals surface area (Å²) in [5.41, 5.74) is 3.24. The van der Waals surface area contributed by atoms with E-state index in [9.17, 15) is 4.79 Å². The number of carbonyl (C=O) groups is 1. The van der Waals surface area contributed by atoms with Crippen molar-refractivity contribution in [2.75, 3.05) is 6.54 Å². The van der Waals surface area contributed by atoms with Crippen molar-refractivity contribution in [1.82, 2.24) is 25.1 Å². The molecule has 0 atom stereocenters. The number of hydrogen-bond acceptors (Lipinski definition) is 5. The number of pyridine rings is 1. The van der Waals surface area contributed by atoms with Gasteiger partial charge in [-0.05, 0) is 19.9 Å². The first kappa shape index (κ1) is 14.6. The van der Waals surface area contributed by atoms with Crippen molar-refractivity contribution in [2.45, 2.75) is 20.3 Å². The minimum atomic E-state index is -0.124. The first-order valence-corrected chi connectivity index (χ1v) is 7.85. The van der Waals surface area contributed by atoms with Crippen LogP contribution in [-0.2, 0) is 13.5 Å². The molecule has 22 heavy (non-hydrogen) atoms. The summed E-state index contributed by atoms with van der Waals surface area (Å²) in [6, 6.07) is 1.81. The molecule has 0 saturated carbocycles. The standard InChI is InChI=1S/C15H17N5OS/c1-9-10(2)22-14(19-9)4-5-16-15(21)11-6-13-12(17-7-11)8-18-20(13)3/h6-8H,4-5H2,1-3H3,(H,16,21). The van der Waals surface area contributed by atoms with E-state index in [0.29, 0.717) is 12.1 Å². The smallest absolute Gasteiger partial charge is 0.252 e. The molecule has 1 amide bonds. The summed E-state index contributed by atoms with van der Waals surface area (Å²) in [5.74, 6) is -0.124. The van der Waals surface area contributed by atoms with E-state index in [0.717, 1.165) is 28.2 Å². The molecule has 6 nitrogen and oxygen atoms in total. The van der Waals surface area contributed by atoms with Crippen LogP contribution in [0.5, 0.6) is 0 Å². The molecule has 0 radical (unpaired) electrons. The molecule has 0 bridgehead atoms. The fourth-order valence-corrected chi connectivity index (χ4v) is 3.11. The highest BCUT2D eigenvalue weighted by atomic mass is 32.1. The van der Waals surface area contributed by atoms with Gasteiger partial charge in [-0.2, -0.15) is 5.10 Å². The number of rotatable bonds is 4. The maximum absolute atomic E-state index is 12.2. The van der Waals surface area contributed by atoms with Gasteiger partial charge in [-0.15, -0.1) is 11.3 Å². The molecule has 3 aromatic rings. The van der Waals surface area contributed by atoms with E-state index in [-0.39, 0.29) is 5.91 Å². The summed E-state index contributed by atoms with van der Waals surface area (Å²) in [6.45, 7) is 4.63. The Morgan fingerprint density at radius 2 is 2.18 bits per heavy atom. The number of nitrogens with zero attached hydrogens (tertiary/aromatic N) is 4. The predicted octanol–water partition coefficient (Wildman–Crippen LogP) is 2.01. The molecular formula is C15H17N5OS. The second-order valence-electron chi connectivity index (χ2n) is 5.15. The number of thiazole rings is 1. The third-order valence-corrected chi connectivity index (χ3v) is 4.69. The van der Waals surface area contributed by atoms with Gasteiger partial charge in [0.15, 0.2) is 0 Å². The first-order valence-electron chi connectivity index (χ1n) is 7.03. The van der Waals surface area contributed by atoms with E-state index in [1.807, 2.05) is 20.0 Å². The van der Waals surface area contributed by atoms with Crippen LogP contribution in [0.1, 0.15) is 25.9 Å². The van der Waals surface area contributed by atoms with Crippen molar-refractivity contribution in [3.05, 3.63) is 39.6 Å². The Hall–Kier alpha value is -2.28. The van der Waals surface area contributed by atoms with Gasteiger partial charge in [0, 0.05) is 31.1 Å². The summed E-state index contributed by atoms with van der Waals surface area (Å²) in [6.07, 6.45) is 4.01. The predicted molar refractivity (Wildman–Crippen MR) is 86.1 cm³/mol. The summed E-state index contributed by atoms with van der Waals surface area (Å²) in [4.78, 5) is 22.1. The molecule has 0 spiro atoms. The van der Waals surface area contributed by atoms with E-state index in [2.05, 4.69) is 27.3 Å². The molecule has 7 heteroatoms. The van der Waals surface area contributed by atoms with E-state index < -0.39 is 0 Å². The summed E-state index contributed by atoms with van der Waals surface area (Å²) < 4.78 is 1.71. The minimum absolute atomic E-state index is 0.124. The summed E-state index contributed by atoms with van der Waals surface area (Å²) in [7, 11) is 1.83. The Kier molecular flexibility index (Phi) is 3.89. The quantitative estimate of drug-likeness (QED) is 0.799. The van der Waals surface area contributed by atoms with Crippen LogP contribution in [0.25, 0.3) is 11.0 Å². The van der Waals surface area contributed by atoms with Gasteiger partial charge >= 0.3 is 0 Å². The third-order valence-electron chi connectivity index (χ3n) is 3.56. The van der Waals surface area contributed by atoms with Crippen molar-refractivity contribution >= 4 is 28.3 Å². The monoisotopic (exact) mass is 315 g/mol. The van der Waals surface area contributed by atoms with Crippen LogP contribution >= 0.6 is 11.3 Å². The first-order chi connectivity index (χ1) is 10.5. The molecule has 0 aromatic carbocycles. The number of amides is 1. The van der Waals surface area contributed by atoms with Crippen LogP contribution in [0.15, 0.2) is 18.5 Å². The van der Waals surface area contributed by atoms with Crippen LogP contribution < -0.4 is 5.32 Å². The number of aryl methyl sites for hydroxylation is 3. The molecular weight excluding hydrogens is 298 g/mol. The minimum Gasteiger partial charge on any atom is -0.352 e. The van der Waals surface area contributed by atoms with E-state index in [4.69, 9.17) is 0 Å². The lowest BCUT2D eigenvalue weighted by Gasteiger charge is -2.04. The molecule has 3 aromatic heterocycles. The molecule has 3 rings (SSSR count). The van der Waals surface area contributed by atoms with Crippen LogP contribution in [0, 0.1) is 13.8 Å². The third kappa shape index (κ3) is 2.85. The Balaban J connectivity index is 1.64. The second kappa shape index (κ2) is 5.84. The fourth-order valence-electron chi connectivity index (χ4n) is 2.18. The maximum Gasteiger partial charge on any atom is 0.252 e. The molecule has 114 valence electrons. The Morgan fingerprint density at radius 1 is 1.36 bits per heavy atom. The highest BCUT2D eigenvalue weighted by Crippen LogP contribution is 2.16. The number of aromatic nitrogens is 4. The van der Waals surface area contributed by atoms with Crippen LogP contribution in [-0.4, -0.2) is 32.2 Å². The SMILES string of the molecule is Cc1nc(CCNC(=O)c2cnc3cnn(C)c3c2)sc1C. The van der Waals surface area contributed by atoms with Gasteiger partial charge < -0.3 is 5.32 Å². The molecule has 0 unspecified atom stereocenters. The van der Waals surface area contributed by atoms with Gasteiger partial charge in [-0.3, -0.25) is 14.5 Å². The molecule has 0 aliphatic rings. The topological polar surface area (TPSA) is 72.7 Å². The molecule has 0 saturated heterocycles. The average Bonchev–Trinajstić information content (AvgIpc) is 3.02. The Labute approximate surface area is 132 Å².